The van der Waals surface area contributed by atoms with E-state index in [4.69, 9.17) is 4.98 Å². The maximum absolute atomic E-state index is 4.93. The third kappa shape index (κ3) is 2.95. The van der Waals surface area contributed by atoms with Crippen molar-refractivity contribution >= 4 is 32.2 Å². The molecule has 0 fully saturated rings. The van der Waals surface area contributed by atoms with Gasteiger partial charge < -0.3 is 0 Å². The highest BCUT2D eigenvalue weighted by atomic mass is 32.1. The first-order valence-electron chi connectivity index (χ1n) is 11.4. The van der Waals surface area contributed by atoms with Crippen molar-refractivity contribution in [1.82, 2.24) is 4.98 Å². The molecule has 0 radical (unpaired) electrons. The first-order valence-corrected chi connectivity index (χ1v) is 12.3. The quantitative estimate of drug-likeness (QED) is 0.263. The molecular weight excluding hydrogens is 418 g/mol. The van der Waals surface area contributed by atoms with Crippen LogP contribution in [0.15, 0.2) is 103 Å². The summed E-state index contributed by atoms with van der Waals surface area (Å²) in [5, 5.41) is 3.89. The molecule has 6 aromatic rings. The monoisotopic (exact) mass is 439 g/mol. The first-order chi connectivity index (χ1) is 16.4. The van der Waals surface area contributed by atoms with Gasteiger partial charge in [-0.1, -0.05) is 78.9 Å². The highest BCUT2D eigenvalue weighted by Crippen LogP contribution is 2.46. The van der Waals surface area contributed by atoms with Crippen LogP contribution in [0.5, 0.6) is 0 Å². The molecule has 0 saturated heterocycles. The lowest BCUT2D eigenvalue weighted by Gasteiger charge is -2.15. The first kappa shape index (κ1) is 18.8. The summed E-state index contributed by atoms with van der Waals surface area (Å²) in [6, 6.07) is 35.1. The highest BCUT2D eigenvalue weighted by molar-refractivity contribution is 7.23. The lowest BCUT2D eigenvalue weighted by molar-refractivity contribution is 0.957. The number of hydrogen-bond acceptors (Lipinski definition) is 2. The molecule has 0 bridgehead atoms. The molecular formula is C31H21NS. The van der Waals surface area contributed by atoms with Crippen LogP contribution in [0.3, 0.4) is 0 Å². The minimum Gasteiger partial charge on any atom is -0.255 e. The van der Waals surface area contributed by atoms with Gasteiger partial charge in [0.25, 0.3) is 0 Å². The number of thiophene rings is 1. The Balaban J connectivity index is 1.50. The average Bonchev–Trinajstić information content (AvgIpc) is 3.28. The molecule has 2 heterocycles. The molecule has 0 unspecified atom stereocenters. The fourth-order valence-electron chi connectivity index (χ4n) is 5.27. The third-order valence-electron chi connectivity index (χ3n) is 6.83. The minimum atomic E-state index is 1.09. The van der Waals surface area contributed by atoms with E-state index >= 15 is 0 Å². The Hall–Kier alpha value is -3.75. The zero-order valence-electron chi connectivity index (χ0n) is 18.1. The maximum atomic E-state index is 4.93. The second-order valence-corrected chi connectivity index (χ2v) is 9.73. The molecule has 0 atom stereocenters. The molecule has 1 aliphatic rings. The molecule has 156 valence electrons. The molecule has 1 aliphatic carbocycles. The number of fused-ring (bicyclic) bond motifs is 6. The Morgan fingerprint density at radius 2 is 1.45 bits per heavy atom. The summed E-state index contributed by atoms with van der Waals surface area (Å²) in [5.74, 6) is 0. The zero-order valence-corrected chi connectivity index (χ0v) is 18.9. The van der Waals surface area contributed by atoms with Gasteiger partial charge in [-0.2, -0.15) is 0 Å². The Morgan fingerprint density at radius 1 is 0.636 bits per heavy atom. The number of aromatic nitrogens is 1. The second kappa shape index (κ2) is 7.40. The maximum Gasteiger partial charge on any atom is 0.0880 e. The fraction of sp³-hybridized carbons (Fsp3) is 0.0645. The second-order valence-electron chi connectivity index (χ2n) is 8.71. The normalized spacial score (nSPS) is 12.6. The number of hydrogen-bond donors (Lipinski definition) is 0. The molecule has 33 heavy (non-hydrogen) atoms. The van der Waals surface area contributed by atoms with Crippen LogP contribution in [0.25, 0.3) is 53.7 Å². The summed E-state index contributed by atoms with van der Waals surface area (Å²) < 4.78 is 1.30. The van der Waals surface area contributed by atoms with Crippen LogP contribution in [-0.2, 0) is 12.8 Å². The largest absolute Gasteiger partial charge is 0.255 e. The Labute approximate surface area is 197 Å². The van der Waals surface area contributed by atoms with E-state index in [2.05, 4.69) is 97.1 Å². The predicted molar refractivity (Wildman–Crippen MR) is 141 cm³/mol. The van der Waals surface area contributed by atoms with Crippen LogP contribution in [0.4, 0.5) is 0 Å². The van der Waals surface area contributed by atoms with Crippen molar-refractivity contribution in [1.29, 1.82) is 0 Å². The molecule has 2 heteroatoms. The number of aryl methyl sites for hydroxylation is 2. The molecule has 0 amide bonds. The lowest BCUT2D eigenvalue weighted by atomic mass is 9.89. The molecule has 0 spiro atoms. The standard InChI is InChI=1S/C31H21NS/c1-2-8-20(9-3-1)28-19-23(18-22-11-5-6-12-24(22)28)29-31-27(16-17-32-29)26-15-14-21-10-4-7-13-25(21)30(26)33-31/h1-13,16-19H,14-15H2. The van der Waals surface area contributed by atoms with E-state index in [-0.39, 0.29) is 0 Å². The number of benzene rings is 4. The van der Waals surface area contributed by atoms with Crippen molar-refractivity contribution < 1.29 is 0 Å². The molecule has 0 aliphatic heterocycles. The number of rotatable bonds is 2. The zero-order chi connectivity index (χ0) is 21.8. The third-order valence-corrected chi connectivity index (χ3v) is 8.12. The van der Waals surface area contributed by atoms with E-state index in [0.717, 1.165) is 18.5 Å². The Bertz CT molecular complexity index is 1660. The van der Waals surface area contributed by atoms with Crippen LogP contribution < -0.4 is 0 Å². The van der Waals surface area contributed by atoms with Crippen molar-refractivity contribution in [3.05, 3.63) is 114 Å². The van der Waals surface area contributed by atoms with E-state index in [1.807, 2.05) is 17.5 Å². The lowest BCUT2D eigenvalue weighted by Crippen LogP contribution is -2.00. The van der Waals surface area contributed by atoms with E-state index in [0.29, 0.717) is 0 Å². The van der Waals surface area contributed by atoms with Gasteiger partial charge in [0.15, 0.2) is 0 Å². The van der Waals surface area contributed by atoms with Crippen molar-refractivity contribution in [2.45, 2.75) is 12.8 Å². The van der Waals surface area contributed by atoms with Crippen LogP contribution in [0, 0.1) is 0 Å². The van der Waals surface area contributed by atoms with Crippen molar-refractivity contribution in [3.8, 4) is 32.8 Å². The summed E-state index contributed by atoms with van der Waals surface area (Å²) in [5.41, 5.74) is 9.12. The van der Waals surface area contributed by atoms with Gasteiger partial charge in [-0.25, -0.2) is 0 Å². The summed E-state index contributed by atoms with van der Waals surface area (Å²) in [6.45, 7) is 0. The van der Waals surface area contributed by atoms with Crippen LogP contribution in [-0.4, -0.2) is 4.98 Å². The predicted octanol–water partition coefficient (Wildman–Crippen LogP) is 8.55. The SMILES string of the molecule is c1ccc(-c2cc(-c3nccc4c5c(sc34)-c3ccccc3CC5)cc3ccccc23)cc1. The van der Waals surface area contributed by atoms with Gasteiger partial charge in [0, 0.05) is 22.0 Å². The van der Waals surface area contributed by atoms with Gasteiger partial charge in [0.05, 0.1) is 10.4 Å². The van der Waals surface area contributed by atoms with Crippen molar-refractivity contribution in [3.63, 3.8) is 0 Å². The van der Waals surface area contributed by atoms with Gasteiger partial charge >= 0.3 is 0 Å². The Kier molecular flexibility index (Phi) is 4.21. The van der Waals surface area contributed by atoms with E-state index in [1.54, 1.807) is 0 Å². The van der Waals surface area contributed by atoms with Gasteiger partial charge in [-0.15, -0.1) is 11.3 Å². The molecule has 1 nitrogen and oxygen atoms in total. The molecule has 4 aromatic carbocycles. The van der Waals surface area contributed by atoms with Gasteiger partial charge in [-0.3, -0.25) is 4.98 Å². The van der Waals surface area contributed by atoms with E-state index in [1.165, 1.54) is 59.1 Å². The fourth-order valence-corrected chi connectivity index (χ4v) is 6.69. The van der Waals surface area contributed by atoms with Gasteiger partial charge in [-0.05, 0) is 69.6 Å². The average molecular weight is 440 g/mol. The van der Waals surface area contributed by atoms with Crippen LogP contribution in [0.2, 0.25) is 0 Å². The van der Waals surface area contributed by atoms with Crippen molar-refractivity contribution in [2.75, 3.05) is 0 Å². The van der Waals surface area contributed by atoms with Crippen molar-refractivity contribution in [2.24, 2.45) is 0 Å². The molecule has 7 rings (SSSR count). The van der Waals surface area contributed by atoms with Crippen LogP contribution >= 0.6 is 11.3 Å². The number of nitrogens with zero attached hydrogens (tertiary/aromatic N) is 1. The van der Waals surface area contributed by atoms with E-state index in [9.17, 15) is 0 Å². The van der Waals surface area contributed by atoms with Gasteiger partial charge in [0.2, 0.25) is 0 Å². The Morgan fingerprint density at radius 3 is 2.39 bits per heavy atom. The smallest absolute Gasteiger partial charge is 0.0880 e. The van der Waals surface area contributed by atoms with E-state index < -0.39 is 0 Å². The molecule has 0 N–H and O–H groups in total. The number of pyridine rings is 1. The van der Waals surface area contributed by atoms with Crippen LogP contribution in [0.1, 0.15) is 11.1 Å². The molecule has 2 aromatic heterocycles. The topological polar surface area (TPSA) is 12.9 Å². The minimum absolute atomic E-state index is 1.09. The summed E-state index contributed by atoms with van der Waals surface area (Å²) in [6.07, 6.45) is 4.20. The summed E-state index contributed by atoms with van der Waals surface area (Å²) in [4.78, 5) is 6.35. The summed E-state index contributed by atoms with van der Waals surface area (Å²) >= 11 is 1.91. The van der Waals surface area contributed by atoms with Gasteiger partial charge in [0.1, 0.15) is 0 Å². The molecule has 0 saturated carbocycles. The highest BCUT2D eigenvalue weighted by Gasteiger charge is 2.23. The summed E-state index contributed by atoms with van der Waals surface area (Å²) in [7, 11) is 0.